The Morgan fingerprint density at radius 3 is 2.75 bits per heavy atom. The Bertz CT molecular complexity index is 798. The molecule has 2 aromatic rings. The fraction of sp³-hybridized carbons (Fsp3) is 0.381. The van der Waals surface area contributed by atoms with Crippen LogP contribution in [0, 0.1) is 5.92 Å². The molecule has 3 rings (SSSR count). The maximum Gasteiger partial charge on any atom is 0.236 e. The zero-order chi connectivity index (χ0) is 19.9. The first-order valence-corrected chi connectivity index (χ1v) is 9.82. The fourth-order valence-electron chi connectivity index (χ4n) is 3.35. The lowest BCUT2D eigenvalue weighted by atomic mass is 9.97. The van der Waals surface area contributed by atoms with E-state index in [-0.39, 0.29) is 17.7 Å². The van der Waals surface area contributed by atoms with Gasteiger partial charge in [-0.2, -0.15) is 0 Å². The first-order valence-electron chi connectivity index (χ1n) is 9.44. The number of benzene rings is 1. The number of carbonyl (C=O) groups excluding carboxylic acids is 2. The van der Waals surface area contributed by atoms with Gasteiger partial charge in [0.25, 0.3) is 0 Å². The number of amides is 2. The van der Waals surface area contributed by atoms with Crippen molar-refractivity contribution >= 4 is 29.2 Å². The van der Waals surface area contributed by atoms with Gasteiger partial charge in [-0.3, -0.25) is 14.5 Å². The van der Waals surface area contributed by atoms with E-state index in [2.05, 4.69) is 15.2 Å². The van der Waals surface area contributed by atoms with Crippen molar-refractivity contribution in [2.24, 2.45) is 5.92 Å². The Kier molecular flexibility index (Phi) is 7.01. The van der Waals surface area contributed by atoms with Gasteiger partial charge in [-0.25, -0.2) is 4.98 Å². The number of likely N-dealkylation sites (N-methyl/N-ethyl adjacent to an activating group) is 1. The standard InChI is InChI=1S/C21H25ClN4O2/c1-25(13-16-6-3-2-4-7-16)20(27)15-26-11-5-8-17(14-26)21(28)24-19-10-9-18(22)12-23-19/h2-4,6-7,9-10,12,17H,5,8,11,13-15H2,1H3,(H,23,24,28). The Hall–Kier alpha value is -2.44. The zero-order valence-electron chi connectivity index (χ0n) is 16.0. The number of hydrogen-bond donors (Lipinski definition) is 1. The first-order chi connectivity index (χ1) is 13.5. The molecule has 2 amide bonds. The van der Waals surface area contributed by atoms with Crippen LogP contribution in [-0.2, 0) is 16.1 Å². The van der Waals surface area contributed by atoms with E-state index in [4.69, 9.17) is 11.6 Å². The van der Waals surface area contributed by atoms with Crippen LogP contribution in [0.25, 0.3) is 0 Å². The number of anilines is 1. The third-order valence-electron chi connectivity index (χ3n) is 4.90. The molecule has 0 saturated carbocycles. The number of piperidine rings is 1. The summed E-state index contributed by atoms with van der Waals surface area (Å²) in [4.78, 5) is 33.0. The monoisotopic (exact) mass is 400 g/mol. The van der Waals surface area contributed by atoms with Crippen LogP contribution in [0.5, 0.6) is 0 Å². The lowest BCUT2D eigenvalue weighted by Crippen LogP contribution is -2.45. The van der Waals surface area contributed by atoms with Gasteiger partial charge in [0.2, 0.25) is 11.8 Å². The molecule has 0 aliphatic carbocycles. The molecule has 1 aromatic heterocycles. The molecule has 1 fully saturated rings. The molecule has 28 heavy (non-hydrogen) atoms. The Morgan fingerprint density at radius 2 is 2.04 bits per heavy atom. The van der Waals surface area contributed by atoms with E-state index in [9.17, 15) is 9.59 Å². The summed E-state index contributed by atoms with van der Waals surface area (Å²) in [7, 11) is 1.82. The molecule has 7 heteroatoms. The van der Waals surface area contributed by atoms with E-state index in [1.165, 1.54) is 6.20 Å². The van der Waals surface area contributed by atoms with Gasteiger partial charge in [0.1, 0.15) is 5.82 Å². The van der Waals surface area contributed by atoms with Crippen LogP contribution in [0.2, 0.25) is 5.02 Å². The normalized spacial score (nSPS) is 17.1. The SMILES string of the molecule is CN(Cc1ccccc1)C(=O)CN1CCCC(C(=O)Nc2ccc(Cl)cn2)C1. The number of pyridine rings is 1. The summed E-state index contributed by atoms with van der Waals surface area (Å²) in [5.74, 6) is 0.331. The highest BCUT2D eigenvalue weighted by Gasteiger charge is 2.27. The average Bonchev–Trinajstić information content (AvgIpc) is 2.70. The summed E-state index contributed by atoms with van der Waals surface area (Å²) < 4.78 is 0. The van der Waals surface area contributed by atoms with Gasteiger partial charge < -0.3 is 10.2 Å². The number of carbonyl (C=O) groups is 2. The van der Waals surface area contributed by atoms with Gasteiger partial charge in [0.05, 0.1) is 17.5 Å². The average molecular weight is 401 g/mol. The van der Waals surface area contributed by atoms with Gasteiger partial charge in [-0.15, -0.1) is 0 Å². The predicted molar refractivity (Wildman–Crippen MR) is 110 cm³/mol. The third kappa shape index (κ3) is 5.78. The van der Waals surface area contributed by atoms with E-state index in [0.29, 0.717) is 30.5 Å². The number of likely N-dealkylation sites (tertiary alicyclic amines) is 1. The molecule has 1 unspecified atom stereocenters. The summed E-state index contributed by atoms with van der Waals surface area (Å²) in [5, 5.41) is 3.37. The van der Waals surface area contributed by atoms with Crippen LogP contribution in [0.4, 0.5) is 5.82 Å². The van der Waals surface area contributed by atoms with Gasteiger partial charge in [-0.05, 0) is 37.1 Å². The van der Waals surface area contributed by atoms with Crippen molar-refractivity contribution in [3.63, 3.8) is 0 Å². The van der Waals surface area contributed by atoms with E-state index >= 15 is 0 Å². The molecular weight excluding hydrogens is 376 g/mol. The van der Waals surface area contributed by atoms with Crippen molar-refractivity contribution in [1.29, 1.82) is 0 Å². The van der Waals surface area contributed by atoms with E-state index < -0.39 is 0 Å². The van der Waals surface area contributed by atoms with Crippen LogP contribution < -0.4 is 5.32 Å². The smallest absolute Gasteiger partial charge is 0.236 e. The summed E-state index contributed by atoms with van der Waals surface area (Å²) >= 11 is 5.82. The first kappa shape index (κ1) is 20.3. The Balaban J connectivity index is 1.50. The number of nitrogens with zero attached hydrogens (tertiary/aromatic N) is 3. The number of rotatable bonds is 6. The van der Waals surface area contributed by atoms with Crippen LogP contribution in [0.1, 0.15) is 18.4 Å². The van der Waals surface area contributed by atoms with Crippen molar-refractivity contribution in [2.45, 2.75) is 19.4 Å². The summed E-state index contributed by atoms with van der Waals surface area (Å²) in [5.41, 5.74) is 1.10. The summed E-state index contributed by atoms with van der Waals surface area (Å²) in [6.45, 7) is 2.31. The largest absolute Gasteiger partial charge is 0.340 e. The lowest BCUT2D eigenvalue weighted by Gasteiger charge is -2.32. The fourth-order valence-corrected chi connectivity index (χ4v) is 3.46. The highest BCUT2D eigenvalue weighted by molar-refractivity contribution is 6.30. The van der Waals surface area contributed by atoms with Gasteiger partial charge in [-0.1, -0.05) is 41.9 Å². The molecule has 1 saturated heterocycles. The quantitative estimate of drug-likeness (QED) is 0.809. The molecule has 2 heterocycles. The van der Waals surface area contributed by atoms with Crippen molar-refractivity contribution in [3.05, 3.63) is 59.2 Å². The van der Waals surface area contributed by atoms with Crippen molar-refractivity contribution in [3.8, 4) is 0 Å². The van der Waals surface area contributed by atoms with E-state index in [0.717, 1.165) is 24.9 Å². The number of nitrogens with one attached hydrogen (secondary N) is 1. The molecule has 1 aliphatic heterocycles. The van der Waals surface area contributed by atoms with Crippen molar-refractivity contribution in [2.75, 3.05) is 32.0 Å². The second kappa shape index (κ2) is 9.66. The second-order valence-electron chi connectivity index (χ2n) is 7.16. The zero-order valence-corrected chi connectivity index (χ0v) is 16.7. The maximum atomic E-state index is 12.6. The number of aromatic nitrogens is 1. The van der Waals surface area contributed by atoms with E-state index in [1.54, 1.807) is 17.0 Å². The second-order valence-corrected chi connectivity index (χ2v) is 7.60. The summed E-state index contributed by atoms with van der Waals surface area (Å²) in [6, 6.07) is 13.3. The molecule has 1 aliphatic rings. The topological polar surface area (TPSA) is 65.5 Å². The maximum absolute atomic E-state index is 12.6. The summed E-state index contributed by atoms with van der Waals surface area (Å²) in [6.07, 6.45) is 3.21. The highest BCUT2D eigenvalue weighted by Crippen LogP contribution is 2.19. The molecule has 0 radical (unpaired) electrons. The van der Waals surface area contributed by atoms with Crippen LogP contribution >= 0.6 is 11.6 Å². The molecule has 1 aromatic carbocycles. The van der Waals surface area contributed by atoms with Gasteiger partial charge in [0, 0.05) is 26.3 Å². The van der Waals surface area contributed by atoms with Crippen LogP contribution in [0.3, 0.4) is 0 Å². The van der Waals surface area contributed by atoms with Gasteiger partial charge >= 0.3 is 0 Å². The molecule has 0 spiro atoms. The molecule has 6 nitrogen and oxygen atoms in total. The minimum Gasteiger partial charge on any atom is -0.340 e. The molecular formula is C21H25ClN4O2. The molecule has 148 valence electrons. The number of halogens is 1. The molecule has 1 atom stereocenters. The Morgan fingerprint density at radius 1 is 1.25 bits per heavy atom. The van der Waals surface area contributed by atoms with Gasteiger partial charge in [0.15, 0.2) is 0 Å². The van der Waals surface area contributed by atoms with Crippen molar-refractivity contribution in [1.82, 2.24) is 14.8 Å². The lowest BCUT2D eigenvalue weighted by molar-refractivity contribution is -0.133. The minimum absolute atomic E-state index is 0.0595. The third-order valence-corrected chi connectivity index (χ3v) is 5.13. The molecule has 0 bridgehead atoms. The highest BCUT2D eigenvalue weighted by atomic mass is 35.5. The Labute approximate surface area is 170 Å². The van der Waals surface area contributed by atoms with Crippen LogP contribution in [0.15, 0.2) is 48.7 Å². The predicted octanol–water partition coefficient (Wildman–Crippen LogP) is 3.04. The van der Waals surface area contributed by atoms with Crippen LogP contribution in [-0.4, -0.2) is 53.3 Å². The minimum atomic E-state index is -0.154. The molecule has 1 N–H and O–H groups in total. The number of hydrogen-bond acceptors (Lipinski definition) is 4. The van der Waals surface area contributed by atoms with Crippen molar-refractivity contribution < 1.29 is 9.59 Å². The van der Waals surface area contributed by atoms with E-state index in [1.807, 2.05) is 37.4 Å².